The van der Waals surface area contributed by atoms with E-state index in [1.54, 1.807) is 18.5 Å². The summed E-state index contributed by atoms with van der Waals surface area (Å²) in [7, 11) is 1.96. The predicted octanol–water partition coefficient (Wildman–Crippen LogP) is 1.01. The minimum Gasteiger partial charge on any atom is -0.384 e. The Morgan fingerprint density at radius 2 is 2.27 bits per heavy atom. The highest BCUT2D eigenvalue weighted by molar-refractivity contribution is 5.45. The highest BCUT2D eigenvalue weighted by Gasteiger charge is 1.98. The van der Waals surface area contributed by atoms with Crippen molar-refractivity contribution in [2.24, 2.45) is 7.05 Å². The molecule has 0 bridgehead atoms. The van der Waals surface area contributed by atoms with Crippen molar-refractivity contribution in [3.05, 3.63) is 36.5 Å². The lowest BCUT2D eigenvalue weighted by atomic mass is 10.4. The average Bonchev–Trinajstić information content (AvgIpc) is 2.63. The van der Waals surface area contributed by atoms with E-state index in [9.17, 15) is 0 Å². The smallest absolute Gasteiger partial charge is 0.127 e. The molecule has 2 heterocycles. The summed E-state index contributed by atoms with van der Waals surface area (Å²) in [6.07, 6.45) is 5.40. The summed E-state index contributed by atoms with van der Waals surface area (Å²) in [5, 5.41) is 3.21. The highest BCUT2D eigenvalue weighted by atomic mass is 15.1. The molecule has 0 unspecified atom stereocenters. The molecule has 0 atom stereocenters. The first-order chi connectivity index (χ1) is 7.25. The van der Waals surface area contributed by atoms with Gasteiger partial charge in [0.2, 0.25) is 0 Å². The summed E-state index contributed by atoms with van der Waals surface area (Å²) in [6, 6.07) is 3.66. The van der Waals surface area contributed by atoms with Gasteiger partial charge in [0.25, 0.3) is 0 Å². The molecule has 2 rings (SSSR count). The Morgan fingerprint density at radius 3 is 2.87 bits per heavy atom. The Bertz CT molecular complexity index is 431. The second-order valence-corrected chi connectivity index (χ2v) is 3.28. The fourth-order valence-corrected chi connectivity index (χ4v) is 1.26. The largest absolute Gasteiger partial charge is 0.384 e. The second kappa shape index (κ2) is 4.00. The van der Waals surface area contributed by atoms with Crippen molar-refractivity contribution in [3.8, 4) is 0 Å². The maximum Gasteiger partial charge on any atom is 0.127 e. The number of anilines is 2. The fourth-order valence-electron chi connectivity index (χ4n) is 1.26. The number of hydrogen-bond donors (Lipinski definition) is 2. The molecule has 0 aliphatic rings. The van der Waals surface area contributed by atoms with Gasteiger partial charge in [-0.2, -0.15) is 0 Å². The normalized spacial score (nSPS) is 10.2. The molecule has 0 aliphatic heterocycles. The third-order valence-corrected chi connectivity index (χ3v) is 2.16. The third-order valence-electron chi connectivity index (χ3n) is 2.16. The van der Waals surface area contributed by atoms with Gasteiger partial charge in [0.1, 0.15) is 11.6 Å². The number of nitrogens with zero attached hydrogens (tertiary/aromatic N) is 3. The van der Waals surface area contributed by atoms with Gasteiger partial charge in [0, 0.05) is 19.4 Å². The summed E-state index contributed by atoms with van der Waals surface area (Å²) in [5.41, 5.74) is 6.42. The molecule has 2 aromatic rings. The number of aryl methyl sites for hydroxylation is 1. The number of hydrogen-bond acceptors (Lipinski definition) is 4. The van der Waals surface area contributed by atoms with Crippen LogP contribution in [0.4, 0.5) is 11.5 Å². The van der Waals surface area contributed by atoms with Crippen LogP contribution in [0, 0.1) is 0 Å². The van der Waals surface area contributed by atoms with Crippen LogP contribution in [0.5, 0.6) is 0 Å². The molecule has 2 aromatic heterocycles. The van der Waals surface area contributed by atoms with Crippen molar-refractivity contribution in [3.63, 3.8) is 0 Å². The van der Waals surface area contributed by atoms with E-state index in [0.717, 1.165) is 11.5 Å². The van der Waals surface area contributed by atoms with Crippen molar-refractivity contribution in [2.75, 3.05) is 11.1 Å². The zero-order chi connectivity index (χ0) is 10.7. The van der Waals surface area contributed by atoms with Crippen LogP contribution in [0.1, 0.15) is 5.82 Å². The van der Waals surface area contributed by atoms with Crippen LogP contribution in [0.3, 0.4) is 0 Å². The summed E-state index contributed by atoms with van der Waals surface area (Å²) in [4.78, 5) is 8.19. The second-order valence-electron chi connectivity index (χ2n) is 3.28. The number of nitrogen functional groups attached to an aromatic ring is 1. The van der Waals surface area contributed by atoms with E-state index in [4.69, 9.17) is 5.73 Å². The number of imidazole rings is 1. The zero-order valence-electron chi connectivity index (χ0n) is 8.51. The van der Waals surface area contributed by atoms with E-state index in [1.807, 2.05) is 23.9 Å². The molecule has 5 nitrogen and oxygen atoms in total. The van der Waals surface area contributed by atoms with Gasteiger partial charge in [0.15, 0.2) is 0 Å². The predicted molar refractivity (Wildman–Crippen MR) is 59.2 cm³/mol. The van der Waals surface area contributed by atoms with Crippen LogP contribution < -0.4 is 11.1 Å². The van der Waals surface area contributed by atoms with Gasteiger partial charge in [-0.05, 0) is 12.1 Å². The Kier molecular flexibility index (Phi) is 2.53. The van der Waals surface area contributed by atoms with Gasteiger partial charge in [0.05, 0.1) is 18.4 Å². The lowest BCUT2D eigenvalue weighted by molar-refractivity contribution is 0.812. The molecule has 5 heteroatoms. The standard InChI is InChI=1S/C10H13N5/c1-15-5-4-12-10(15)7-13-8-2-3-9(11)14-6-8/h2-6,13H,7H2,1H3,(H2,11,14). The van der Waals surface area contributed by atoms with E-state index in [-0.39, 0.29) is 0 Å². The molecule has 78 valence electrons. The summed E-state index contributed by atoms with van der Waals surface area (Å²) in [6.45, 7) is 0.676. The summed E-state index contributed by atoms with van der Waals surface area (Å²) >= 11 is 0. The van der Waals surface area contributed by atoms with Crippen LogP contribution >= 0.6 is 0 Å². The Labute approximate surface area is 88.0 Å². The number of pyridine rings is 1. The molecule has 0 saturated carbocycles. The van der Waals surface area contributed by atoms with Crippen molar-refractivity contribution >= 4 is 11.5 Å². The van der Waals surface area contributed by atoms with Gasteiger partial charge < -0.3 is 15.6 Å². The molecular formula is C10H13N5. The number of nitrogens with one attached hydrogen (secondary N) is 1. The van der Waals surface area contributed by atoms with Gasteiger partial charge >= 0.3 is 0 Å². The van der Waals surface area contributed by atoms with Gasteiger partial charge in [-0.25, -0.2) is 9.97 Å². The SMILES string of the molecule is Cn1ccnc1CNc1ccc(N)nc1. The van der Waals surface area contributed by atoms with Gasteiger partial charge in [-0.15, -0.1) is 0 Å². The first-order valence-electron chi connectivity index (χ1n) is 4.67. The van der Waals surface area contributed by atoms with Crippen LogP contribution in [0.15, 0.2) is 30.7 Å². The molecule has 3 N–H and O–H groups in total. The molecule has 0 fully saturated rings. The van der Waals surface area contributed by atoms with Crippen LogP contribution in [-0.4, -0.2) is 14.5 Å². The molecular weight excluding hydrogens is 190 g/mol. The molecule has 15 heavy (non-hydrogen) atoms. The Balaban J connectivity index is 1.99. The van der Waals surface area contributed by atoms with Gasteiger partial charge in [-0.3, -0.25) is 0 Å². The quantitative estimate of drug-likeness (QED) is 0.781. The molecule has 0 aliphatic carbocycles. The van der Waals surface area contributed by atoms with Crippen LogP contribution in [0.2, 0.25) is 0 Å². The van der Waals surface area contributed by atoms with Crippen molar-refractivity contribution in [1.82, 2.24) is 14.5 Å². The fraction of sp³-hybridized carbons (Fsp3) is 0.200. The van der Waals surface area contributed by atoms with E-state index < -0.39 is 0 Å². The van der Waals surface area contributed by atoms with E-state index >= 15 is 0 Å². The first-order valence-corrected chi connectivity index (χ1v) is 4.67. The monoisotopic (exact) mass is 203 g/mol. The first kappa shape index (κ1) is 9.51. The number of nitrogens with two attached hydrogens (primary N) is 1. The summed E-state index contributed by atoms with van der Waals surface area (Å²) < 4.78 is 1.97. The molecule has 0 spiro atoms. The van der Waals surface area contributed by atoms with Crippen molar-refractivity contribution < 1.29 is 0 Å². The molecule has 0 radical (unpaired) electrons. The number of rotatable bonds is 3. The van der Waals surface area contributed by atoms with Crippen LogP contribution in [0.25, 0.3) is 0 Å². The molecule has 0 aromatic carbocycles. The maximum absolute atomic E-state index is 5.49. The average molecular weight is 203 g/mol. The Hall–Kier alpha value is -2.04. The third kappa shape index (κ3) is 2.25. The van der Waals surface area contributed by atoms with Crippen molar-refractivity contribution in [2.45, 2.75) is 6.54 Å². The zero-order valence-corrected chi connectivity index (χ0v) is 8.51. The minimum atomic E-state index is 0.526. The van der Waals surface area contributed by atoms with E-state index in [0.29, 0.717) is 12.4 Å². The van der Waals surface area contributed by atoms with E-state index in [2.05, 4.69) is 15.3 Å². The van der Waals surface area contributed by atoms with Crippen LogP contribution in [-0.2, 0) is 13.6 Å². The molecule has 0 amide bonds. The number of aromatic nitrogens is 3. The van der Waals surface area contributed by atoms with Gasteiger partial charge in [-0.1, -0.05) is 0 Å². The molecule has 0 saturated heterocycles. The highest BCUT2D eigenvalue weighted by Crippen LogP contribution is 2.08. The minimum absolute atomic E-state index is 0.526. The lowest BCUT2D eigenvalue weighted by Gasteiger charge is -2.05. The lowest BCUT2D eigenvalue weighted by Crippen LogP contribution is -2.05. The van der Waals surface area contributed by atoms with Crippen molar-refractivity contribution in [1.29, 1.82) is 0 Å². The Morgan fingerprint density at radius 1 is 1.40 bits per heavy atom. The summed E-state index contributed by atoms with van der Waals surface area (Å²) in [5.74, 6) is 1.50. The topological polar surface area (TPSA) is 68.8 Å². The van der Waals surface area contributed by atoms with E-state index in [1.165, 1.54) is 0 Å². The maximum atomic E-state index is 5.49.